The smallest absolute Gasteiger partial charge is 0.307 e. The van der Waals surface area contributed by atoms with Crippen LogP contribution in [0, 0.1) is 11.7 Å². The van der Waals surface area contributed by atoms with Gasteiger partial charge in [0.2, 0.25) is 5.91 Å². The molecule has 3 aromatic carbocycles. The fourth-order valence-corrected chi connectivity index (χ4v) is 4.53. The van der Waals surface area contributed by atoms with E-state index in [0.29, 0.717) is 27.6 Å². The second-order valence-corrected chi connectivity index (χ2v) is 9.67. The molecule has 3 N–H and O–H groups in total. The Kier molecular flexibility index (Phi) is 9.66. The van der Waals surface area contributed by atoms with Crippen LogP contribution in [0.5, 0.6) is 0 Å². The molecule has 0 aromatic heterocycles. The predicted octanol–water partition coefficient (Wildman–Crippen LogP) is 6.20. The summed E-state index contributed by atoms with van der Waals surface area (Å²) in [6.45, 7) is 1.73. The molecule has 0 radical (unpaired) electrons. The number of amides is 1. The third kappa shape index (κ3) is 7.78. The fraction of sp³-hybridized carbons (Fsp3) is 0.250. The maximum absolute atomic E-state index is 15.2. The van der Waals surface area contributed by atoms with E-state index in [2.05, 4.69) is 5.32 Å². The summed E-state index contributed by atoms with van der Waals surface area (Å²) >= 11 is 12.2. The van der Waals surface area contributed by atoms with E-state index in [9.17, 15) is 19.5 Å². The van der Waals surface area contributed by atoms with Crippen LogP contribution in [0.1, 0.15) is 36.8 Å². The molecule has 0 aliphatic carbocycles. The highest BCUT2D eigenvalue weighted by Crippen LogP contribution is 2.32. The Morgan fingerprint density at radius 3 is 2.22 bits per heavy atom. The standard InChI is InChI=1S/C28H26Cl2FNO5/c1-16(32-26(33)14-20(28(36)37)15-27(34)35)22(11-17-7-10-23(29)24(30)12-17)19-8-9-21(25(31)13-19)18-5-3-2-4-6-18/h2-10,12-13,16,20,22H,11,14-15H2,1H3,(H,32,33)(H,34,35)(H,36,37)/t16-,20-,22+/m0/s1. The number of nitrogens with one attached hydrogen (secondary N) is 1. The monoisotopic (exact) mass is 545 g/mol. The fourth-order valence-electron chi connectivity index (χ4n) is 4.21. The van der Waals surface area contributed by atoms with Gasteiger partial charge in [-0.1, -0.05) is 71.7 Å². The Balaban J connectivity index is 1.89. The molecule has 194 valence electrons. The van der Waals surface area contributed by atoms with E-state index in [4.69, 9.17) is 28.3 Å². The maximum Gasteiger partial charge on any atom is 0.307 e. The van der Waals surface area contributed by atoms with E-state index in [1.165, 1.54) is 6.07 Å². The molecule has 0 aliphatic heterocycles. The van der Waals surface area contributed by atoms with E-state index < -0.39 is 54.4 Å². The molecule has 0 saturated carbocycles. The van der Waals surface area contributed by atoms with E-state index in [1.54, 1.807) is 37.3 Å². The van der Waals surface area contributed by atoms with Crippen molar-refractivity contribution in [2.75, 3.05) is 0 Å². The summed E-state index contributed by atoms with van der Waals surface area (Å²) < 4.78 is 15.2. The second kappa shape index (κ2) is 12.7. The van der Waals surface area contributed by atoms with Gasteiger partial charge in [0.05, 0.1) is 22.4 Å². The summed E-state index contributed by atoms with van der Waals surface area (Å²) in [4.78, 5) is 35.0. The molecule has 0 saturated heterocycles. The first-order valence-corrected chi connectivity index (χ1v) is 12.3. The Hall–Kier alpha value is -3.42. The molecule has 0 aliphatic rings. The Morgan fingerprint density at radius 2 is 1.62 bits per heavy atom. The summed E-state index contributed by atoms with van der Waals surface area (Å²) in [5, 5.41) is 21.7. The average molecular weight is 546 g/mol. The van der Waals surface area contributed by atoms with Crippen molar-refractivity contribution in [1.82, 2.24) is 5.32 Å². The van der Waals surface area contributed by atoms with Crippen molar-refractivity contribution in [3.05, 3.63) is 93.7 Å². The molecular weight excluding hydrogens is 520 g/mol. The van der Waals surface area contributed by atoms with Crippen LogP contribution in [0.25, 0.3) is 11.1 Å². The summed E-state index contributed by atoms with van der Waals surface area (Å²) in [5.74, 6) is -5.48. The van der Waals surface area contributed by atoms with Gasteiger partial charge in [0.15, 0.2) is 0 Å². The zero-order valence-electron chi connectivity index (χ0n) is 20.0. The summed E-state index contributed by atoms with van der Waals surface area (Å²) in [5.41, 5.74) is 2.60. The molecule has 3 atom stereocenters. The van der Waals surface area contributed by atoms with Crippen LogP contribution < -0.4 is 5.32 Å². The Labute approximate surface area is 224 Å². The zero-order chi connectivity index (χ0) is 27.1. The van der Waals surface area contributed by atoms with Gasteiger partial charge in [0.25, 0.3) is 0 Å². The lowest BCUT2D eigenvalue weighted by molar-refractivity contribution is -0.149. The first kappa shape index (κ1) is 28.2. The van der Waals surface area contributed by atoms with Crippen LogP contribution in [-0.4, -0.2) is 34.1 Å². The second-order valence-electron chi connectivity index (χ2n) is 8.86. The maximum atomic E-state index is 15.2. The molecule has 0 fully saturated rings. The van der Waals surface area contributed by atoms with E-state index >= 15 is 4.39 Å². The average Bonchev–Trinajstić information content (AvgIpc) is 2.84. The SMILES string of the molecule is C[C@H](NC(=O)C[C@@H](CC(=O)O)C(=O)O)[C@@H](Cc1ccc(Cl)c(Cl)c1)c1ccc(-c2ccccc2)c(F)c1. The molecule has 6 nitrogen and oxygen atoms in total. The normalized spacial score (nSPS) is 13.4. The van der Waals surface area contributed by atoms with Crippen molar-refractivity contribution in [2.24, 2.45) is 5.92 Å². The molecule has 1 amide bonds. The number of carboxylic acids is 2. The molecule has 0 heterocycles. The number of hydrogen-bond donors (Lipinski definition) is 3. The van der Waals surface area contributed by atoms with Crippen molar-refractivity contribution in [3.63, 3.8) is 0 Å². The van der Waals surface area contributed by atoms with Crippen molar-refractivity contribution >= 4 is 41.0 Å². The number of benzene rings is 3. The molecule has 3 aromatic rings. The highest BCUT2D eigenvalue weighted by molar-refractivity contribution is 6.42. The molecule has 3 rings (SSSR count). The Morgan fingerprint density at radius 1 is 0.919 bits per heavy atom. The molecule has 0 bridgehead atoms. The van der Waals surface area contributed by atoms with Crippen LogP contribution in [0.15, 0.2) is 66.7 Å². The van der Waals surface area contributed by atoms with Crippen LogP contribution in [0.2, 0.25) is 10.0 Å². The Bertz CT molecular complexity index is 1280. The number of carbonyl (C=O) groups is 3. The van der Waals surface area contributed by atoms with Crippen LogP contribution in [0.4, 0.5) is 4.39 Å². The number of halogens is 3. The number of hydrogen-bond acceptors (Lipinski definition) is 3. The van der Waals surface area contributed by atoms with Gasteiger partial charge in [-0.05, 0) is 48.2 Å². The van der Waals surface area contributed by atoms with Crippen molar-refractivity contribution in [3.8, 4) is 11.1 Å². The minimum Gasteiger partial charge on any atom is -0.481 e. The third-order valence-corrected chi connectivity index (χ3v) is 6.88. The van der Waals surface area contributed by atoms with Crippen molar-refractivity contribution in [2.45, 2.75) is 38.1 Å². The predicted molar refractivity (Wildman–Crippen MR) is 140 cm³/mol. The summed E-state index contributed by atoms with van der Waals surface area (Å²) in [6.07, 6.45) is -0.789. The highest BCUT2D eigenvalue weighted by Gasteiger charge is 2.27. The lowest BCUT2D eigenvalue weighted by atomic mass is 9.85. The topological polar surface area (TPSA) is 104 Å². The summed E-state index contributed by atoms with van der Waals surface area (Å²) in [7, 11) is 0. The first-order valence-electron chi connectivity index (χ1n) is 11.6. The van der Waals surface area contributed by atoms with Crippen LogP contribution in [0.3, 0.4) is 0 Å². The lowest BCUT2D eigenvalue weighted by Gasteiger charge is -2.27. The van der Waals surface area contributed by atoms with Gasteiger partial charge in [-0.2, -0.15) is 0 Å². The minimum atomic E-state index is -1.36. The summed E-state index contributed by atoms with van der Waals surface area (Å²) in [6, 6.07) is 18.6. The molecule has 0 spiro atoms. The van der Waals surface area contributed by atoms with E-state index in [-0.39, 0.29) is 0 Å². The van der Waals surface area contributed by atoms with Gasteiger partial charge in [-0.3, -0.25) is 14.4 Å². The van der Waals surface area contributed by atoms with E-state index in [0.717, 1.165) is 11.1 Å². The van der Waals surface area contributed by atoms with Gasteiger partial charge < -0.3 is 15.5 Å². The molecule has 9 heteroatoms. The lowest BCUT2D eigenvalue weighted by Crippen LogP contribution is -2.39. The number of aliphatic carboxylic acids is 2. The molecular formula is C28H26Cl2FNO5. The van der Waals surface area contributed by atoms with Gasteiger partial charge in [0, 0.05) is 23.9 Å². The van der Waals surface area contributed by atoms with Crippen molar-refractivity contribution in [1.29, 1.82) is 0 Å². The molecule has 0 unspecified atom stereocenters. The quantitative estimate of drug-likeness (QED) is 0.266. The number of carbonyl (C=O) groups excluding carboxylic acids is 1. The van der Waals surface area contributed by atoms with E-state index in [1.807, 2.05) is 30.3 Å². The molecule has 37 heavy (non-hydrogen) atoms. The van der Waals surface area contributed by atoms with Crippen molar-refractivity contribution < 1.29 is 29.0 Å². The number of carboxylic acid groups (broad SMARTS) is 2. The largest absolute Gasteiger partial charge is 0.481 e. The van der Waals surface area contributed by atoms with Crippen LogP contribution >= 0.6 is 23.2 Å². The third-order valence-electron chi connectivity index (χ3n) is 6.14. The highest BCUT2D eigenvalue weighted by atomic mass is 35.5. The zero-order valence-corrected chi connectivity index (χ0v) is 21.5. The van der Waals surface area contributed by atoms with Gasteiger partial charge in [-0.25, -0.2) is 4.39 Å². The van der Waals surface area contributed by atoms with Gasteiger partial charge in [0.1, 0.15) is 5.82 Å². The van der Waals surface area contributed by atoms with Gasteiger partial charge >= 0.3 is 11.9 Å². The van der Waals surface area contributed by atoms with Gasteiger partial charge in [-0.15, -0.1) is 0 Å². The minimum absolute atomic E-state index is 0.359. The number of rotatable bonds is 11. The van der Waals surface area contributed by atoms with Crippen LogP contribution in [-0.2, 0) is 20.8 Å². The first-order chi connectivity index (χ1) is 17.5.